The molecule has 1 aromatic heterocycles. The molecule has 3 atom stereocenters. The first-order valence-electron chi connectivity index (χ1n) is 13.4. The van der Waals surface area contributed by atoms with Gasteiger partial charge in [-0.25, -0.2) is 4.79 Å². The summed E-state index contributed by atoms with van der Waals surface area (Å²) in [6.07, 6.45) is 5.64. The molecule has 0 spiro atoms. The molecule has 6 N–H and O–H groups in total. The molecule has 2 heterocycles. The summed E-state index contributed by atoms with van der Waals surface area (Å²) in [5.41, 5.74) is 5.77. The van der Waals surface area contributed by atoms with E-state index >= 15 is 0 Å². The number of rotatable bonds is 12. The number of benzene rings is 1. The number of aromatic amines is 1. The lowest BCUT2D eigenvalue weighted by molar-refractivity contribution is -0.165. The lowest BCUT2D eigenvalue weighted by Gasteiger charge is -2.33. The molecule has 1 fully saturated rings. The Labute approximate surface area is 223 Å². The van der Waals surface area contributed by atoms with E-state index < -0.39 is 29.3 Å². The van der Waals surface area contributed by atoms with E-state index in [9.17, 15) is 19.2 Å². The molecule has 1 saturated heterocycles. The molecular weight excluding hydrogens is 486 g/mol. The molecule has 1 aliphatic rings. The van der Waals surface area contributed by atoms with Crippen LogP contribution in [0.3, 0.4) is 0 Å². The monoisotopic (exact) mass is 527 g/mol. The first kappa shape index (κ1) is 29.2. The third-order valence-electron chi connectivity index (χ3n) is 6.56. The number of unbranched alkanes of at least 4 members (excludes halogenated alkanes) is 2. The zero-order valence-corrected chi connectivity index (χ0v) is 22.8. The number of fused-ring (bicyclic) bond motifs is 1. The van der Waals surface area contributed by atoms with Gasteiger partial charge in [0.05, 0.1) is 0 Å². The predicted octanol–water partition coefficient (Wildman–Crippen LogP) is 2.56. The first-order chi connectivity index (χ1) is 17.9. The van der Waals surface area contributed by atoms with Gasteiger partial charge in [0.15, 0.2) is 5.66 Å². The molecule has 10 heteroatoms. The van der Waals surface area contributed by atoms with Gasteiger partial charge in [0.1, 0.15) is 17.7 Å². The number of hydrogen-bond acceptors (Lipinski definition) is 6. The Hall–Kier alpha value is -3.40. The summed E-state index contributed by atoms with van der Waals surface area (Å²) >= 11 is 0. The average Bonchev–Trinajstić information content (AvgIpc) is 3.24. The van der Waals surface area contributed by atoms with E-state index in [1.165, 1.54) is 0 Å². The quantitative estimate of drug-likeness (QED) is 0.162. The van der Waals surface area contributed by atoms with Crippen molar-refractivity contribution in [3.05, 3.63) is 36.0 Å². The first-order valence-corrected chi connectivity index (χ1v) is 13.4. The number of carbonyl (C=O) groups is 4. The SMILES string of the molecule is CCCCCC(=O)NC(N)(CCC[C@H]1NC(=O)[C@H](Cc2c[nH]c3ccccc23)NC1=O)C(=O)OC(C)(C)C. The zero-order valence-electron chi connectivity index (χ0n) is 22.8. The third-order valence-corrected chi connectivity index (χ3v) is 6.56. The van der Waals surface area contributed by atoms with E-state index in [2.05, 4.69) is 20.9 Å². The number of esters is 1. The van der Waals surface area contributed by atoms with Crippen molar-refractivity contribution in [1.29, 1.82) is 0 Å². The van der Waals surface area contributed by atoms with Crippen LogP contribution in [-0.4, -0.2) is 52.0 Å². The van der Waals surface area contributed by atoms with Gasteiger partial charge in [0.25, 0.3) is 0 Å². The largest absolute Gasteiger partial charge is 0.457 e. The third kappa shape index (κ3) is 7.80. The maximum atomic E-state index is 12.9. The standard InChI is InChI=1S/C28H41N5O5/c1-5-6-7-14-23(34)33-28(29,26(37)38-27(2,3)4)15-10-13-21-24(35)32-22(25(36)31-21)16-18-17-30-20-12-9-8-11-19(18)20/h8-9,11-12,17,21-22,30H,5-7,10,13-16,29H2,1-4H3,(H,31,36)(H,32,35)(H,33,34)/t21-,22+,28?/m1/s1. The van der Waals surface area contributed by atoms with Gasteiger partial charge in [-0.2, -0.15) is 0 Å². The topological polar surface area (TPSA) is 155 Å². The van der Waals surface area contributed by atoms with Crippen LogP contribution in [-0.2, 0) is 30.3 Å². The van der Waals surface area contributed by atoms with Crippen molar-refractivity contribution in [2.24, 2.45) is 5.73 Å². The lowest BCUT2D eigenvalue weighted by Crippen LogP contribution is -2.64. The highest BCUT2D eigenvalue weighted by Gasteiger charge is 2.40. The zero-order chi connectivity index (χ0) is 27.9. The molecular formula is C28H41N5O5. The van der Waals surface area contributed by atoms with E-state index in [4.69, 9.17) is 10.5 Å². The Morgan fingerprint density at radius 1 is 1.03 bits per heavy atom. The fourth-order valence-electron chi connectivity index (χ4n) is 4.56. The number of nitrogens with one attached hydrogen (secondary N) is 4. The van der Waals surface area contributed by atoms with E-state index in [1.807, 2.05) is 37.4 Å². The smallest absolute Gasteiger partial charge is 0.347 e. The fourth-order valence-corrected chi connectivity index (χ4v) is 4.56. The molecule has 0 radical (unpaired) electrons. The van der Waals surface area contributed by atoms with Crippen LogP contribution in [0.25, 0.3) is 10.9 Å². The molecule has 38 heavy (non-hydrogen) atoms. The van der Waals surface area contributed by atoms with Crippen LogP contribution in [0.4, 0.5) is 0 Å². The maximum absolute atomic E-state index is 12.9. The normalized spacial score (nSPS) is 19.4. The summed E-state index contributed by atoms with van der Waals surface area (Å²) < 4.78 is 5.47. The molecule has 0 aliphatic carbocycles. The summed E-state index contributed by atoms with van der Waals surface area (Å²) in [5.74, 6) is -1.62. The van der Waals surface area contributed by atoms with E-state index in [0.717, 1.165) is 29.3 Å². The van der Waals surface area contributed by atoms with Crippen molar-refractivity contribution in [3.63, 3.8) is 0 Å². The molecule has 1 unspecified atom stereocenters. The minimum absolute atomic E-state index is 0.0554. The highest BCUT2D eigenvalue weighted by molar-refractivity contribution is 5.97. The van der Waals surface area contributed by atoms with Crippen LogP contribution in [0, 0.1) is 0 Å². The molecule has 10 nitrogen and oxygen atoms in total. The Bertz CT molecular complexity index is 1150. The van der Waals surface area contributed by atoms with Gasteiger partial charge in [-0.05, 0) is 58.1 Å². The molecule has 208 valence electrons. The van der Waals surface area contributed by atoms with Crippen molar-refractivity contribution in [1.82, 2.24) is 20.9 Å². The number of ether oxygens (including phenoxy) is 1. The second-order valence-electron chi connectivity index (χ2n) is 11.1. The van der Waals surface area contributed by atoms with Crippen molar-refractivity contribution in [2.75, 3.05) is 0 Å². The van der Waals surface area contributed by atoms with Crippen LogP contribution in [0.5, 0.6) is 0 Å². The molecule has 1 aromatic carbocycles. The van der Waals surface area contributed by atoms with Crippen LogP contribution in [0.15, 0.2) is 30.5 Å². The van der Waals surface area contributed by atoms with Crippen molar-refractivity contribution < 1.29 is 23.9 Å². The summed E-state index contributed by atoms with van der Waals surface area (Å²) in [6, 6.07) is 6.34. The Morgan fingerprint density at radius 3 is 2.42 bits per heavy atom. The van der Waals surface area contributed by atoms with Crippen molar-refractivity contribution in [3.8, 4) is 0 Å². The highest BCUT2D eigenvalue weighted by Crippen LogP contribution is 2.21. The van der Waals surface area contributed by atoms with E-state index in [-0.39, 0.29) is 37.0 Å². The highest BCUT2D eigenvalue weighted by atomic mass is 16.6. The lowest BCUT2D eigenvalue weighted by atomic mass is 9.96. The van der Waals surface area contributed by atoms with Gasteiger partial charge >= 0.3 is 5.97 Å². The number of hydrogen-bond donors (Lipinski definition) is 5. The molecule has 1 aliphatic heterocycles. The van der Waals surface area contributed by atoms with Crippen molar-refractivity contribution in [2.45, 2.75) is 102 Å². The Kier molecular flexibility index (Phi) is 9.54. The minimum atomic E-state index is -1.73. The number of nitrogens with two attached hydrogens (primary N) is 1. The van der Waals surface area contributed by atoms with Gasteiger partial charge in [0.2, 0.25) is 17.7 Å². The van der Waals surface area contributed by atoms with Gasteiger partial charge < -0.3 is 25.7 Å². The van der Waals surface area contributed by atoms with Crippen LogP contribution in [0.2, 0.25) is 0 Å². The van der Waals surface area contributed by atoms with E-state index in [1.54, 1.807) is 20.8 Å². The summed E-state index contributed by atoms with van der Waals surface area (Å²) in [5, 5.41) is 9.29. The van der Waals surface area contributed by atoms with Crippen LogP contribution < -0.4 is 21.7 Å². The van der Waals surface area contributed by atoms with Gasteiger partial charge in [0, 0.05) is 29.9 Å². The maximum Gasteiger partial charge on any atom is 0.347 e. The molecule has 0 bridgehead atoms. The number of para-hydroxylation sites is 1. The van der Waals surface area contributed by atoms with Crippen LogP contribution in [0.1, 0.15) is 78.2 Å². The minimum Gasteiger partial charge on any atom is -0.457 e. The molecule has 2 aromatic rings. The number of aromatic nitrogens is 1. The van der Waals surface area contributed by atoms with E-state index in [0.29, 0.717) is 19.3 Å². The van der Waals surface area contributed by atoms with Crippen molar-refractivity contribution >= 4 is 34.6 Å². The second kappa shape index (κ2) is 12.4. The number of H-pyrrole nitrogens is 1. The molecule has 3 rings (SSSR count). The van der Waals surface area contributed by atoms with Gasteiger partial charge in [-0.15, -0.1) is 0 Å². The molecule has 3 amide bonds. The Balaban J connectivity index is 1.58. The number of piperazine rings is 1. The van der Waals surface area contributed by atoms with Crippen LogP contribution >= 0.6 is 0 Å². The van der Waals surface area contributed by atoms with Gasteiger partial charge in [-0.1, -0.05) is 38.0 Å². The Morgan fingerprint density at radius 2 is 1.71 bits per heavy atom. The predicted molar refractivity (Wildman–Crippen MR) is 145 cm³/mol. The molecule has 0 saturated carbocycles. The fraction of sp³-hybridized carbons (Fsp3) is 0.571. The second-order valence-corrected chi connectivity index (χ2v) is 11.1. The van der Waals surface area contributed by atoms with Gasteiger partial charge in [-0.3, -0.25) is 20.1 Å². The average molecular weight is 528 g/mol. The summed E-state index contributed by atoms with van der Waals surface area (Å²) in [7, 11) is 0. The number of carbonyl (C=O) groups excluding carboxylic acids is 4. The summed E-state index contributed by atoms with van der Waals surface area (Å²) in [6.45, 7) is 7.21. The number of amides is 3. The summed E-state index contributed by atoms with van der Waals surface area (Å²) in [4.78, 5) is 54.2.